The number of halogens is 1. The molecule has 0 saturated carbocycles. The van der Waals surface area contributed by atoms with E-state index in [-0.39, 0.29) is 29.2 Å². The summed E-state index contributed by atoms with van der Waals surface area (Å²) in [6, 6.07) is 15.6. The second kappa shape index (κ2) is 9.43. The number of hydrogen-bond acceptors (Lipinski definition) is 4. The first kappa shape index (κ1) is 19.3. The number of anilines is 2. The third-order valence-electron chi connectivity index (χ3n) is 2.62. The summed E-state index contributed by atoms with van der Waals surface area (Å²) in [6.07, 6.45) is 0. The number of aliphatic imine (C=N–C) groups is 1. The average Bonchev–Trinajstić information content (AvgIpc) is 2.53. The van der Waals surface area contributed by atoms with Gasteiger partial charge in [0.1, 0.15) is 0 Å². The van der Waals surface area contributed by atoms with Crippen LogP contribution < -0.4 is 21.5 Å². The molecular weight excluding hydrogens is 350 g/mol. The van der Waals surface area contributed by atoms with Gasteiger partial charge in [-0.2, -0.15) is 4.99 Å². The summed E-state index contributed by atoms with van der Waals surface area (Å²) in [6.45, 7) is 0. The number of nitrogens with one attached hydrogen (secondary N) is 2. The van der Waals surface area contributed by atoms with Crippen molar-refractivity contribution in [3.8, 4) is 0 Å². The lowest BCUT2D eigenvalue weighted by molar-refractivity contribution is 0.100. The number of hydrogen-bond donors (Lipinski definition) is 4. The minimum Gasteiger partial charge on any atom is -0.370 e. The quantitative estimate of drug-likeness (QED) is 0.375. The lowest BCUT2D eigenvalue weighted by Gasteiger charge is -2.07. The van der Waals surface area contributed by atoms with Crippen LogP contribution in [0.2, 0.25) is 0 Å². The van der Waals surface area contributed by atoms with Gasteiger partial charge < -0.3 is 21.5 Å². The van der Waals surface area contributed by atoms with Gasteiger partial charge in [-0.05, 0) is 30.3 Å². The molecule has 0 aromatic heterocycles. The highest BCUT2D eigenvalue weighted by molar-refractivity contribution is 8.15. The van der Waals surface area contributed by atoms with E-state index >= 15 is 0 Å². The van der Waals surface area contributed by atoms with Crippen LogP contribution in [0.4, 0.5) is 16.2 Å². The molecule has 2 amide bonds. The van der Waals surface area contributed by atoms with Crippen LogP contribution in [0.5, 0.6) is 0 Å². The monoisotopic (exact) mass is 365 g/mol. The van der Waals surface area contributed by atoms with Crippen molar-refractivity contribution >= 4 is 52.8 Å². The molecule has 0 heterocycles. The summed E-state index contributed by atoms with van der Waals surface area (Å²) >= 11 is 0.897. The lowest BCUT2D eigenvalue weighted by atomic mass is 10.2. The highest BCUT2D eigenvalue weighted by atomic mass is 35.5. The molecule has 0 aliphatic rings. The number of nitrogens with zero attached hydrogens (tertiary/aromatic N) is 1. The number of rotatable bonds is 4. The summed E-state index contributed by atoms with van der Waals surface area (Å²) in [5.41, 5.74) is 11.9. The fraction of sp³-hybridized carbons (Fsp3) is 0. The van der Waals surface area contributed by atoms with Gasteiger partial charge in [-0.15, -0.1) is 12.4 Å². The largest absolute Gasteiger partial charge is 0.370 e. The minimum absolute atomic E-state index is 0. The molecule has 0 spiro atoms. The molecule has 0 fully saturated rings. The van der Waals surface area contributed by atoms with E-state index in [1.807, 2.05) is 30.3 Å². The van der Waals surface area contributed by atoms with Gasteiger partial charge in [-0.1, -0.05) is 24.3 Å². The topological polar surface area (TPSA) is 123 Å². The highest BCUT2D eigenvalue weighted by Gasteiger charge is 2.08. The van der Waals surface area contributed by atoms with E-state index in [1.165, 1.54) is 6.07 Å². The summed E-state index contributed by atoms with van der Waals surface area (Å²) in [4.78, 5) is 27.1. The molecule has 0 bridgehead atoms. The molecule has 0 aliphatic heterocycles. The van der Waals surface area contributed by atoms with Gasteiger partial charge in [0.2, 0.25) is 0 Å². The van der Waals surface area contributed by atoms with Crippen LogP contribution in [0.15, 0.2) is 59.6 Å². The van der Waals surface area contributed by atoms with Gasteiger partial charge in [-0.3, -0.25) is 9.59 Å². The Morgan fingerprint density at radius 3 is 2.29 bits per heavy atom. The van der Waals surface area contributed by atoms with E-state index in [1.54, 1.807) is 18.2 Å². The molecule has 0 unspecified atom stereocenters. The normalized spacial score (nSPS) is 9.33. The predicted molar refractivity (Wildman–Crippen MR) is 101 cm³/mol. The molecular formula is C15H16ClN5O2S. The van der Waals surface area contributed by atoms with Crippen LogP contribution in [0.25, 0.3) is 0 Å². The number of nitrogens with two attached hydrogens (primary N) is 2. The summed E-state index contributed by atoms with van der Waals surface area (Å²) < 4.78 is 2.91. The average molecular weight is 366 g/mol. The zero-order valence-corrected chi connectivity index (χ0v) is 14.1. The summed E-state index contributed by atoms with van der Waals surface area (Å²) in [5, 5.41) is 2.34. The van der Waals surface area contributed by atoms with Crippen molar-refractivity contribution in [1.82, 2.24) is 0 Å². The standard InChI is InChI=1S/C15H15N5O2S.ClH/c16-14(17)19-13(21)10-5-4-8-12(9-10)18-15(22)23-20-11-6-2-1-3-7-11;/h1-9,20H,(H,18,22)(H4,16,17,19,21);1H. The maximum Gasteiger partial charge on any atom is 0.303 e. The molecule has 126 valence electrons. The Morgan fingerprint density at radius 2 is 1.62 bits per heavy atom. The van der Waals surface area contributed by atoms with Crippen LogP contribution in [-0.2, 0) is 0 Å². The Hall–Kier alpha value is -2.71. The molecule has 0 radical (unpaired) electrons. The van der Waals surface area contributed by atoms with E-state index in [0.717, 1.165) is 17.6 Å². The number of para-hydroxylation sites is 1. The van der Waals surface area contributed by atoms with Gasteiger partial charge in [-0.25, -0.2) is 0 Å². The van der Waals surface area contributed by atoms with E-state index < -0.39 is 5.91 Å². The summed E-state index contributed by atoms with van der Waals surface area (Å²) in [5.74, 6) is -0.886. The van der Waals surface area contributed by atoms with Crippen LogP contribution in [0.1, 0.15) is 10.4 Å². The first-order chi connectivity index (χ1) is 11.0. The molecule has 0 atom stereocenters. The molecule has 2 aromatic rings. The Kier molecular flexibility index (Phi) is 7.60. The second-order valence-electron chi connectivity index (χ2n) is 4.41. The van der Waals surface area contributed by atoms with E-state index in [4.69, 9.17) is 11.5 Å². The van der Waals surface area contributed by atoms with Crippen molar-refractivity contribution in [2.75, 3.05) is 10.0 Å². The first-order valence-corrected chi connectivity index (χ1v) is 7.39. The number of carbonyl (C=O) groups is 2. The van der Waals surface area contributed by atoms with Gasteiger partial charge >= 0.3 is 5.24 Å². The van der Waals surface area contributed by atoms with Crippen molar-refractivity contribution in [3.05, 3.63) is 60.2 Å². The molecule has 0 aliphatic carbocycles. The van der Waals surface area contributed by atoms with E-state index in [9.17, 15) is 9.59 Å². The predicted octanol–water partition coefficient (Wildman–Crippen LogP) is 2.81. The molecule has 2 rings (SSSR count). The molecule has 6 N–H and O–H groups in total. The fourth-order valence-corrected chi connectivity index (χ4v) is 2.18. The van der Waals surface area contributed by atoms with E-state index in [0.29, 0.717) is 5.69 Å². The molecule has 2 aromatic carbocycles. The van der Waals surface area contributed by atoms with Gasteiger partial charge in [0.05, 0.1) is 0 Å². The Morgan fingerprint density at radius 1 is 0.958 bits per heavy atom. The number of guanidine groups is 1. The van der Waals surface area contributed by atoms with Crippen molar-refractivity contribution < 1.29 is 9.59 Å². The van der Waals surface area contributed by atoms with Crippen LogP contribution >= 0.6 is 24.4 Å². The molecule has 7 nitrogen and oxygen atoms in total. The third-order valence-corrected chi connectivity index (χ3v) is 3.25. The van der Waals surface area contributed by atoms with Gasteiger partial charge in [0.25, 0.3) is 5.91 Å². The van der Waals surface area contributed by atoms with Crippen molar-refractivity contribution in [1.29, 1.82) is 0 Å². The number of carbonyl (C=O) groups excluding carboxylic acids is 2. The minimum atomic E-state index is -0.573. The third kappa shape index (κ3) is 6.19. The summed E-state index contributed by atoms with van der Waals surface area (Å²) in [7, 11) is 0. The molecule has 9 heteroatoms. The zero-order chi connectivity index (χ0) is 16.7. The number of benzene rings is 2. The highest BCUT2D eigenvalue weighted by Crippen LogP contribution is 2.16. The lowest BCUT2D eigenvalue weighted by Crippen LogP contribution is -2.24. The van der Waals surface area contributed by atoms with Gasteiger partial charge in [0.15, 0.2) is 5.96 Å². The number of amides is 2. The Balaban J connectivity index is 0.00000288. The van der Waals surface area contributed by atoms with Crippen LogP contribution in [-0.4, -0.2) is 17.1 Å². The maximum atomic E-state index is 11.9. The van der Waals surface area contributed by atoms with Gasteiger partial charge in [0, 0.05) is 28.9 Å². The Bertz CT molecular complexity index is 736. The Labute approximate surface area is 149 Å². The fourth-order valence-electron chi connectivity index (χ4n) is 1.67. The molecule has 24 heavy (non-hydrogen) atoms. The van der Waals surface area contributed by atoms with Crippen molar-refractivity contribution in [3.63, 3.8) is 0 Å². The smallest absolute Gasteiger partial charge is 0.303 e. The van der Waals surface area contributed by atoms with E-state index in [2.05, 4.69) is 15.0 Å². The molecule has 0 saturated heterocycles. The van der Waals surface area contributed by atoms with Crippen molar-refractivity contribution in [2.24, 2.45) is 16.5 Å². The van der Waals surface area contributed by atoms with Crippen molar-refractivity contribution in [2.45, 2.75) is 0 Å². The zero-order valence-electron chi connectivity index (χ0n) is 12.4. The SMILES string of the molecule is Cl.NC(N)=NC(=O)c1cccc(NC(=O)SNc2ccccc2)c1. The second-order valence-corrected chi connectivity index (χ2v) is 5.18. The van der Waals surface area contributed by atoms with Crippen LogP contribution in [0, 0.1) is 0 Å². The first-order valence-electron chi connectivity index (χ1n) is 6.57. The van der Waals surface area contributed by atoms with Crippen LogP contribution in [0.3, 0.4) is 0 Å². The maximum absolute atomic E-state index is 11.9.